The predicted octanol–water partition coefficient (Wildman–Crippen LogP) is 7.57. The number of aryl methyl sites for hydroxylation is 1. The Labute approximate surface area is 186 Å². The van der Waals surface area contributed by atoms with Gasteiger partial charge in [-0.3, -0.25) is 0 Å². The molecular weight excluding hydrogens is 383 g/mol. The van der Waals surface area contributed by atoms with Gasteiger partial charge in [-0.1, -0.05) is 54.0 Å². The Kier molecular flexibility index (Phi) is 6.60. The second-order valence-electron chi connectivity index (χ2n) is 9.47. The number of rotatable bonds is 7. The SMILES string of the molecule is C/C=C(\C=C/CF)CCCC1CCCC2=Cc3c(cnn3-c3ccc(C)cc3)CC21C. The number of halogens is 1. The molecule has 31 heavy (non-hydrogen) atoms. The van der Waals surface area contributed by atoms with E-state index in [-0.39, 0.29) is 12.1 Å². The van der Waals surface area contributed by atoms with E-state index in [9.17, 15) is 4.39 Å². The minimum atomic E-state index is -0.384. The minimum Gasteiger partial charge on any atom is -0.247 e. The Hall–Kier alpha value is -2.42. The molecule has 0 radical (unpaired) electrons. The van der Waals surface area contributed by atoms with E-state index in [1.807, 2.05) is 6.08 Å². The fourth-order valence-electron chi connectivity index (χ4n) is 5.57. The summed E-state index contributed by atoms with van der Waals surface area (Å²) < 4.78 is 14.6. The number of fused-ring (bicyclic) bond motifs is 2. The van der Waals surface area contributed by atoms with Crippen LogP contribution in [0.5, 0.6) is 0 Å². The summed E-state index contributed by atoms with van der Waals surface area (Å²) in [6, 6.07) is 8.63. The topological polar surface area (TPSA) is 17.8 Å². The fourth-order valence-corrected chi connectivity index (χ4v) is 5.57. The van der Waals surface area contributed by atoms with Crippen LogP contribution in [0.1, 0.15) is 69.2 Å². The molecule has 1 aromatic carbocycles. The van der Waals surface area contributed by atoms with Crippen molar-refractivity contribution in [2.45, 2.75) is 65.7 Å². The van der Waals surface area contributed by atoms with E-state index in [2.05, 4.69) is 68.1 Å². The highest BCUT2D eigenvalue weighted by molar-refractivity contribution is 5.61. The maximum atomic E-state index is 12.5. The van der Waals surface area contributed by atoms with Gasteiger partial charge in [0.15, 0.2) is 0 Å². The van der Waals surface area contributed by atoms with Crippen molar-refractivity contribution in [1.29, 1.82) is 0 Å². The van der Waals surface area contributed by atoms with Crippen molar-refractivity contribution in [2.24, 2.45) is 11.3 Å². The lowest BCUT2D eigenvalue weighted by Gasteiger charge is -2.46. The number of alkyl halides is 1. The lowest BCUT2D eigenvalue weighted by atomic mass is 9.58. The maximum absolute atomic E-state index is 12.5. The van der Waals surface area contributed by atoms with Crippen LogP contribution in [0.2, 0.25) is 0 Å². The number of allylic oxidation sites excluding steroid dienone is 5. The van der Waals surface area contributed by atoms with Crippen molar-refractivity contribution in [3.63, 3.8) is 0 Å². The van der Waals surface area contributed by atoms with Gasteiger partial charge in [0.25, 0.3) is 0 Å². The zero-order valence-corrected chi connectivity index (χ0v) is 19.2. The third kappa shape index (κ3) is 4.46. The van der Waals surface area contributed by atoms with E-state index in [0.717, 1.165) is 18.5 Å². The highest BCUT2D eigenvalue weighted by atomic mass is 19.1. The molecule has 1 saturated carbocycles. The molecule has 4 rings (SSSR count). The molecule has 1 aromatic heterocycles. The van der Waals surface area contributed by atoms with Gasteiger partial charge in [0.05, 0.1) is 17.6 Å². The van der Waals surface area contributed by atoms with Gasteiger partial charge in [0.1, 0.15) is 6.67 Å². The van der Waals surface area contributed by atoms with Crippen LogP contribution in [-0.4, -0.2) is 16.5 Å². The smallest absolute Gasteiger partial charge is 0.108 e. The molecular formula is C28H35FN2. The van der Waals surface area contributed by atoms with E-state index in [1.54, 1.807) is 11.6 Å². The molecule has 0 N–H and O–H groups in total. The molecule has 2 nitrogen and oxygen atoms in total. The van der Waals surface area contributed by atoms with Crippen LogP contribution in [0.4, 0.5) is 4.39 Å². The summed E-state index contributed by atoms with van der Waals surface area (Å²) in [5.74, 6) is 0.701. The molecule has 0 saturated heterocycles. The van der Waals surface area contributed by atoms with Crippen molar-refractivity contribution < 1.29 is 4.39 Å². The first-order valence-corrected chi connectivity index (χ1v) is 11.8. The first-order chi connectivity index (χ1) is 15.0. The van der Waals surface area contributed by atoms with Gasteiger partial charge in [-0.05, 0) is 93.9 Å². The molecule has 2 aliphatic rings. The van der Waals surface area contributed by atoms with Gasteiger partial charge in [-0.15, -0.1) is 0 Å². The number of hydrogen-bond donors (Lipinski definition) is 0. The number of aromatic nitrogens is 2. The van der Waals surface area contributed by atoms with E-state index < -0.39 is 0 Å². The summed E-state index contributed by atoms with van der Waals surface area (Å²) in [7, 11) is 0. The normalized spacial score (nSPS) is 23.5. The van der Waals surface area contributed by atoms with Crippen LogP contribution >= 0.6 is 0 Å². The molecule has 0 bridgehead atoms. The second kappa shape index (κ2) is 9.38. The Morgan fingerprint density at radius 2 is 2.10 bits per heavy atom. The van der Waals surface area contributed by atoms with E-state index in [4.69, 9.17) is 5.10 Å². The molecule has 164 valence electrons. The molecule has 0 spiro atoms. The lowest BCUT2D eigenvalue weighted by molar-refractivity contribution is 0.167. The van der Waals surface area contributed by atoms with Gasteiger partial charge < -0.3 is 0 Å². The van der Waals surface area contributed by atoms with Crippen LogP contribution in [0.3, 0.4) is 0 Å². The third-order valence-corrected chi connectivity index (χ3v) is 7.48. The van der Waals surface area contributed by atoms with Crippen LogP contribution in [0.25, 0.3) is 11.8 Å². The van der Waals surface area contributed by atoms with Crippen molar-refractivity contribution in [3.8, 4) is 5.69 Å². The molecule has 2 aliphatic carbocycles. The average Bonchev–Trinajstić information content (AvgIpc) is 3.17. The molecule has 1 heterocycles. The summed E-state index contributed by atoms with van der Waals surface area (Å²) in [6.07, 6.45) is 18.5. The summed E-state index contributed by atoms with van der Waals surface area (Å²) in [5, 5.41) is 4.76. The van der Waals surface area contributed by atoms with Crippen LogP contribution in [0.15, 0.2) is 59.8 Å². The van der Waals surface area contributed by atoms with Gasteiger partial charge in [0.2, 0.25) is 0 Å². The number of hydrogen-bond acceptors (Lipinski definition) is 1. The molecule has 3 heteroatoms. The standard InChI is InChI=1S/C28H35FN2/c1-4-22(9-7-17-29)8-5-10-24-11-6-12-25-18-27-23(19-28(24,25)3)20-30-31(27)26-15-13-21(2)14-16-26/h4,7,9,13-16,18,20,24H,5-6,8,10-12,17,19H2,1-3H3/b9-7-,22-4-. The van der Waals surface area contributed by atoms with Crippen LogP contribution < -0.4 is 0 Å². The quantitative estimate of drug-likeness (QED) is 0.424. The lowest BCUT2D eigenvalue weighted by Crippen LogP contribution is -2.37. The average molecular weight is 419 g/mol. The summed E-state index contributed by atoms with van der Waals surface area (Å²) >= 11 is 0. The fraction of sp³-hybridized carbons (Fsp3) is 0.464. The van der Waals surface area contributed by atoms with Crippen molar-refractivity contribution in [2.75, 3.05) is 6.67 Å². The van der Waals surface area contributed by atoms with Crippen LogP contribution in [0, 0.1) is 18.3 Å². The molecule has 2 atom stereocenters. The number of benzene rings is 1. The monoisotopic (exact) mass is 418 g/mol. The summed E-state index contributed by atoms with van der Waals surface area (Å²) in [6.45, 7) is 6.27. The Morgan fingerprint density at radius 1 is 1.29 bits per heavy atom. The first kappa shape index (κ1) is 21.8. The van der Waals surface area contributed by atoms with Crippen LogP contribution in [-0.2, 0) is 6.42 Å². The largest absolute Gasteiger partial charge is 0.247 e. The van der Waals surface area contributed by atoms with Gasteiger partial charge in [-0.25, -0.2) is 9.07 Å². The van der Waals surface area contributed by atoms with E-state index in [1.165, 1.54) is 54.5 Å². The zero-order valence-electron chi connectivity index (χ0n) is 19.2. The molecule has 0 aliphatic heterocycles. The summed E-state index contributed by atoms with van der Waals surface area (Å²) in [4.78, 5) is 0. The molecule has 2 unspecified atom stereocenters. The minimum absolute atomic E-state index is 0.233. The van der Waals surface area contributed by atoms with Gasteiger partial charge in [0, 0.05) is 0 Å². The van der Waals surface area contributed by atoms with Crippen molar-refractivity contribution in [3.05, 3.63) is 76.7 Å². The summed E-state index contributed by atoms with van der Waals surface area (Å²) in [5.41, 5.74) is 8.14. The second-order valence-corrected chi connectivity index (χ2v) is 9.47. The molecule has 1 fully saturated rings. The van der Waals surface area contributed by atoms with Gasteiger partial charge in [-0.2, -0.15) is 5.10 Å². The Balaban J connectivity index is 1.52. The molecule has 2 aromatic rings. The zero-order chi connectivity index (χ0) is 21.8. The highest BCUT2D eigenvalue weighted by Gasteiger charge is 2.42. The predicted molar refractivity (Wildman–Crippen MR) is 128 cm³/mol. The maximum Gasteiger partial charge on any atom is 0.108 e. The Bertz CT molecular complexity index is 993. The first-order valence-electron chi connectivity index (χ1n) is 11.8. The highest BCUT2D eigenvalue weighted by Crippen LogP contribution is 2.52. The van der Waals surface area contributed by atoms with E-state index in [0.29, 0.717) is 5.92 Å². The third-order valence-electron chi connectivity index (χ3n) is 7.48. The number of nitrogens with zero attached hydrogens (tertiary/aromatic N) is 2. The van der Waals surface area contributed by atoms with E-state index >= 15 is 0 Å². The van der Waals surface area contributed by atoms with Crippen molar-refractivity contribution >= 4 is 6.08 Å². The van der Waals surface area contributed by atoms with Crippen molar-refractivity contribution in [1.82, 2.24) is 9.78 Å². The Morgan fingerprint density at radius 3 is 2.84 bits per heavy atom. The van der Waals surface area contributed by atoms with Gasteiger partial charge >= 0.3 is 0 Å². The molecule has 0 amide bonds.